The van der Waals surface area contributed by atoms with Crippen LogP contribution in [0.5, 0.6) is 0 Å². The third-order valence-corrected chi connectivity index (χ3v) is 6.20. The van der Waals surface area contributed by atoms with Crippen LogP contribution in [0.1, 0.15) is 60.9 Å². The van der Waals surface area contributed by atoms with Crippen LogP contribution in [0.2, 0.25) is 0 Å². The number of fused-ring (bicyclic) bond motifs is 1. The van der Waals surface area contributed by atoms with Crippen LogP contribution in [0.3, 0.4) is 0 Å². The van der Waals surface area contributed by atoms with Crippen molar-refractivity contribution in [2.45, 2.75) is 64.0 Å². The summed E-state index contributed by atoms with van der Waals surface area (Å²) in [5.41, 5.74) is 0.543. The largest absolute Gasteiger partial charge is 0.387 e. The molecule has 0 bridgehead atoms. The van der Waals surface area contributed by atoms with Crippen LogP contribution in [-0.2, 0) is 11.3 Å². The molecule has 3 aromatic rings. The van der Waals surface area contributed by atoms with Gasteiger partial charge in [0.25, 0.3) is 0 Å². The summed E-state index contributed by atoms with van der Waals surface area (Å²) in [6, 6.07) is 7.19. The first-order chi connectivity index (χ1) is 15.5. The van der Waals surface area contributed by atoms with Gasteiger partial charge in [-0.05, 0) is 58.2 Å². The average molecular weight is 455 g/mol. The van der Waals surface area contributed by atoms with E-state index in [9.17, 15) is 19.1 Å². The molecule has 1 saturated carbocycles. The normalized spacial score (nSPS) is 16.8. The number of aromatic nitrogens is 3. The highest BCUT2D eigenvalue weighted by atomic mass is 19.3. The van der Waals surface area contributed by atoms with E-state index in [-0.39, 0.29) is 5.56 Å². The molecule has 0 amide bonds. The number of aliphatic hydroxyl groups excluding tert-OH is 1. The third-order valence-electron chi connectivity index (χ3n) is 6.20. The van der Waals surface area contributed by atoms with E-state index in [0.717, 1.165) is 37.1 Å². The van der Waals surface area contributed by atoms with Gasteiger partial charge >= 0.3 is 5.92 Å². The summed E-state index contributed by atoms with van der Waals surface area (Å²) in [7, 11) is 0. The second kappa shape index (κ2) is 7.96. The molecule has 9 heteroatoms. The first-order valence-corrected chi connectivity index (χ1v) is 10.7. The van der Waals surface area contributed by atoms with Gasteiger partial charge in [-0.25, -0.2) is 19.3 Å². The standard InChI is InChI=1S/C24H24F3N5O/c1-12(16-6-5-7-18(20(16)25)24(26,27)14(3)33)29-21-17-10-19(23(11-28)8-9-23)13(2)30-22(17)32-15(4)31-21/h5-7,10,12,14,33H,8-9H2,1-4H3,(H,29,30,31,32)/t12-,14+/m1/s1. The fourth-order valence-electron chi connectivity index (χ4n) is 4.06. The quantitative estimate of drug-likeness (QED) is 0.544. The van der Waals surface area contributed by atoms with Crippen LogP contribution in [0.4, 0.5) is 19.0 Å². The van der Waals surface area contributed by atoms with Gasteiger partial charge in [0.2, 0.25) is 0 Å². The van der Waals surface area contributed by atoms with Crippen molar-refractivity contribution in [1.29, 1.82) is 5.26 Å². The predicted molar refractivity (Wildman–Crippen MR) is 117 cm³/mol. The number of hydrogen-bond acceptors (Lipinski definition) is 6. The van der Waals surface area contributed by atoms with Crippen LogP contribution in [0, 0.1) is 31.0 Å². The molecule has 2 atom stereocenters. The Morgan fingerprint density at radius 1 is 1.18 bits per heavy atom. The number of pyridine rings is 1. The summed E-state index contributed by atoms with van der Waals surface area (Å²) >= 11 is 0. The van der Waals surface area contributed by atoms with Crippen molar-refractivity contribution in [3.8, 4) is 6.07 Å². The van der Waals surface area contributed by atoms with E-state index in [1.54, 1.807) is 13.8 Å². The van der Waals surface area contributed by atoms with E-state index < -0.39 is 34.9 Å². The Morgan fingerprint density at radius 2 is 1.88 bits per heavy atom. The number of alkyl halides is 2. The SMILES string of the molecule is Cc1nc(N[C@H](C)c2cccc(C(F)(F)[C@H](C)O)c2F)c2cc(C3(C#N)CC3)c(C)nc2n1. The molecule has 1 aliphatic carbocycles. The first-order valence-electron chi connectivity index (χ1n) is 10.7. The number of aliphatic hydroxyl groups is 1. The first kappa shape index (κ1) is 22.9. The van der Waals surface area contributed by atoms with Gasteiger partial charge in [0, 0.05) is 11.3 Å². The van der Waals surface area contributed by atoms with Crippen molar-refractivity contribution in [3.05, 3.63) is 58.3 Å². The summed E-state index contributed by atoms with van der Waals surface area (Å²) in [6.07, 6.45) is -0.542. The van der Waals surface area contributed by atoms with Gasteiger partial charge in [0.15, 0.2) is 5.65 Å². The smallest absolute Gasteiger partial charge is 0.301 e. The zero-order valence-corrected chi connectivity index (χ0v) is 18.7. The molecular weight excluding hydrogens is 431 g/mol. The molecule has 1 aromatic carbocycles. The molecule has 1 aliphatic rings. The molecule has 0 spiro atoms. The summed E-state index contributed by atoms with van der Waals surface area (Å²) in [4.78, 5) is 13.4. The van der Waals surface area contributed by atoms with Crippen LogP contribution in [0.25, 0.3) is 11.0 Å². The number of anilines is 1. The van der Waals surface area contributed by atoms with Crippen molar-refractivity contribution in [2.24, 2.45) is 0 Å². The zero-order valence-electron chi connectivity index (χ0n) is 18.7. The number of aryl methyl sites for hydroxylation is 2. The number of nitrogens with one attached hydrogen (secondary N) is 1. The molecule has 1 fully saturated rings. The molecule has 2 aromatic heterocycles. The van der Waals surface area contributed by atoms with Crippen molar-refractivity contribution in [1.82, 2.24) is 15.0 Å². The maximum Gasteiger partial charge on any atom is 0.301 e. The van der Waals surface area contributed by atoms with Crippen LogP contribution in [0.15, 0.2) is 24.3 Å². The number of halogens is 3. The van der Waals surface area contributed by atoms with E-state index in [0.29, 0.717) is 22.7 Å². The van der Waals surface area contributed by atoms with Gasteiger partial charge in [-0.15, -0.1) is 0 Å². The predicted octanol–water partition coefficient (Wildman–Crippen LogP) is 4.98. The number of nitriles is 1. The summed E-state index contributed by atoms with van der Waals surface area (Å²) in [5, 5.41) is 22.7. The van der Waals surface area contributed by atoms with Crippen LogP contribution >= 0.6 is 0 Å². The Labute approximate surface area is 189 Å². The Morgan fingerprint density at radius 3 is 2.48 bits per heavy atom. The minimum Gasteiger partial charge on any atom is -0.387 e. The summed E-state index contributed by atoms with van der Waals surface area (Å²) in [5.74, 6) is -4.01. The monoisotopic (exact) mass is 455 g/mol. The van der Waals surface area contributed by atoms with E-state index in [2.05, 4.69) is 26.3 Å². The van der Waals surface area contributed by atoms with Crippen LogP contribution < -0.4 is 5.32 Å². The van der Waals surface area contributed by atoms with E-state index in [1.807, 2.05) is 13.0 Å². The van der Waals surface area contributed by atoms with E-state index in [1.165, 1.54) is 12.1 Å². The van der Waals surface area contributed by atoms with Gasteiger partial charge in [0.1, 0.15) is 23.6 Å². The number of benzene rings is 1. The highest BCUT2D eigenvalue weighted by Crippen LogP contribution is 2.49. The van der Waals surface area contributed by atoms with Gasteiger partial charge in [-0.3, -0.25) is 0 Å². The third kappa shape index (κ3) is 3.89. The highest BCUT2D eigenvalue weighted by molar-refractivity contribution is 5.88. The molecule has 172 valence electrons. The minimum absolute atomic E-state index is 0.00761. The minimum atomic E-state index is -3.73. The Bertz CT molecular complexity index is 1280. The van der Waals surface area contributed by atoms with E-state index >= 15 is 4.39 Å². The molecule has 2 heterocycles. The molecule has 2 N–H and O–H groups in total. The zero-order chi connectivity index (χ0) is 24.1. The number of hydrogen-bond donors (Lipinski definition) is 2. The maximum atomic E-state index is 15.1. The van der Waals surface area contributed by atoms with Gasteiger partial charge < -0.3 is 10.4 Å². The second-order valence-electron chi connectivity index (χ2n) is 8.68. The molecule has 0 unspecified atom stereocenters. The van der Waals surface area contributed by atoms with Crippen molar-refractivity contribution < 1.29 is 18.3 Å². The lowest BCUT2D eigenvalue weighted by Crippen LogP contribution is -2.29. The average Bonchev–Trinajstić information content (AvgIpc) is 3.54. The topological polar surface area (TPSA) is 94.7 Å². The van der Waals surface area contributed by atoms with Crippen LogP contribution in [-0.4, -0.2) is 26.2 Å². The fourth-order valence-corrected chi connectivity index (χ4v) is 4.06. The fraction of sp³-hybridized carbons (Fsp3) is 0.417. The lowest BCUT2D eigenvalue weighted by atomic mass is 9.95. The van der Waals surface area contributed by atoms with E-state index in [4.69, 9.17) is 0 Å². The van der Waals surface area contributed by atoms with Crippen molar-refractivity contribution in [2.75, 3.05) is 5.32 Å². The summed E-state index contributed by atoms with van der Waals surface area (Å²) in [6.45, 7) is 6.08. The Balaban J connectivity index is 1.77. The second-order valence-corrected chi connectivity index (χ2v) is 8.68. The lowest BCUT2D eigenvalue weighted by molar-refractivity contribution is -0.108. The molecule has 0 radical (unpaired) electrons. The Hall–Kier alpha value is -3.25. The van der Waals surface area contributed by atoms with Crippen molar-refractivity contribution in [3.63, 3.8) is 0 Å². The molecule has 0 saturated heterocycles. The van der Waals surface area contributed by atoms with Gasteiger partial charge in [-0.1, -0.05) is 12.1 Å². The Kier molecular flexibility index (Phi) is 5.53. The lowest BCUT2D eigenvalue weighted by Gasteiger charge is -2.23. The van der Waals surface area contributed by atoms with Gasteiger partial charge in [0.05, 0.1) is 28.5 Å². The summed E-state index contributed by atoms with van der Waals surface area (Å²) < 4.78 is 43.8. The van der Waals surface area contributed by atoms with Crippen molar-refractivity contribution >= 4 is 16.9 Å². The molecule has 0 aliphatic heterocycles. The van der Waals surface area contributed by atoms with Gasteiger partial charge in [-0.2, -0.15) is 14.0 Å². The number of rotatable bonds is 6. The highest BCUT2D eigenvalue weighted by Gasteiger charge is 2.46. The molecule has 33 heavy (non-hydrogen) atoms. The molecule has 4 rings (SSSR count). The molecule has 6 nitrogen and oxygen atoms in total. The maximum absolute atomic E-state index is 15.1. The molecular formula is C24H24F3N5O. The number of nitrogens with zero attached hydrogens (tertiary/aromatic N) is 4.